The van der Waals surface area contributed by atoms with Crippen molar-refractivity contribution >= 4 is 57.7 Å². The molecule has 0 spiro atoms. The molecule has 2 aliphatic rings. The minimum atomic E-state index is -5.08. The number of allylic oxidation sites excluding steroid dienone is 1. The van der Waals surface area contributed by atoms with Gasteiger partial charge in [-0.25, -0.2) is 14.6 Å². The van der Waals surface area contributed by atoms with E-state index in [1.165, 1.54) is 23.2 Å². The third-order valence-corrected chi connectivity index (χ3v) is 6.03. The van der Waals surface area contributed by atoms with Crippen LogP contribution in [0.2, 0.25) is 0 Å². The number of nitrogen functional groups attached to an aromatic ring is 1. The molecule has 186 valence electrons. The summed E-state index contributed by atoms with van der Waals surface area (Å²) >= 11 is 2.37. The van der Waals surface area contributed by atoms with E-state index in [1.54, 1.807) is 0 Å². The SMILES string of the molecule is C=CC1=C(C(=O)O)N2C(=O)[C@@H](NC(=O)/C(=N/O)c3csc(N)n3)[C@H]2SC1.O.O=C(O)C(F)(F)F. The number of anilines is 1. The first-order chi connectivity index (χ1) is 15.3. The molecule has 2 atom stereocenters. The lowest BCUT2D eigenvalue weighted by atomic mass is 10.0. The maximum atomic E-state index is 12.4. The zero-order chi connectivity index (χ0) is 25.1. The standard InChI is InChI=1S/C14H13N5O5S2.C2HF3O2.H2O/c1-2-5-3-25-12-8(11(21)19(12)9(5)13(22)23)17-10(20)7(18-24)6-4-26-14(15)16-6;3-2(4,5)1(6)7;/h2,4,8,12,24H,1,3H2,(H2,15,16)(H,17,20)(H,22,23);(H,6,7);1H2/b18-7+;;/t8-,12-;;/m1../s1. The Morgan fingerprint density at radius 2 is 1.94 bits per heavy atom. The summed E-state index contributed by atoms with van der Waals surface area (Å²) in [5.41, 5.74) is 5.49. The van der Waals surface area contributed by atoms with E-state index in [4.69, 9.17) is 20.8 Å². The van der Waals surface area contributed by atoms with Gasteiger partial charge in [0.15, 0.2) is 10.8 Å². The number of carboxylic acid groups (broad SMARTS) is 2. The normalized spacial score (nSPS) is 19.6. The number of carboxylic acids is 2. The van der Waals surface area contributed by atoms with Gasteiger partial charge >= 0.3 is 18.1 Å². The van der Waals surface area contributed by atoms with Crippen molar-refractivity contribution in [3.63, 3.8) is 0 Å². The van der Waals surface area contributed by atoms with Crippen LogP contribution in [-0.2, 0) is 19.2 Å². The zero-order valence-electron chi connectivity index (χ0n) is 16.6. The zero-order valence-corrected chi connectivity index (χ0v) is 18.2. The number of amides is 2. The van der Waals surface area contributed by atoms with Gasteiger partial charge in [0.05, 0.1) is 0 Å². The topological polar surface area (TPSA) is 227 Å². The molecule has 1 saturated heterocycles. The number of carbonyl (C=O) groups is 4. The summed E-state index contributed by atoms with van der Waals surface area (Å²) in [7, 11) is 0. The lowest BCUT2D eigenvalue weighted by molar-refractivity contribution is -0.192. The van der Waals surface area contributed by atoms with Crippen molar-refractivity contribution in [2.75, 3.05) is 11.5 Å². The van der Waals surface area contributed by atoms with Crippen LogP contribution in [0, 0.1) is 0 Å². The van der Waals surface area contributed by atoms with Gasteiger partial charge in [0.1, 0.15) is 22.8 Å². The second kappa shape index (κ2) is 11.0. The van der Waals surface area contributed by atoms with Crippen LogP contribution < -0.4 is 11.1 Å². The van der Waals surface area contributed by atoms with E-state index in [1.807, 2.05) is 0 Å². The Bertz CT molecular complexity index is 1070. The number of β-lactam (4-membered cyclic amide) rings is 1. The number of fused-ring (bicyclic) bond motifs is 1. The van der Waals surface area contributed by atoms with Gasteiger partial charge in [-0.05, 0) is 5.57 Å². The number of nitrogens with one attached hydrogen (secondary N) is 1. The lowest BCUT2D eigenvalue weighted by Crippen LogP contribution is -2.71. The van der Waals surface area contributed by atoms with E-state index >= 15 is 0 Å². The van der Waals surface area contributed by atoms with Gasteiger partial charge in [0.2, 0.25) is 0 Å². The van der Waals surface area contributed by atoms with Crippen LogP contribution in [0.3, 0.4) is 0 Å². The van der Waals surface area contributed by atoms with E-state index < -0.39 is 41.3 Å². The molecular weight excluding hydrogens is 511 g/mol. The fraction of sp³-hybridized carbons (Fsp3) is 0.250. The molecule has 3 heterocycles. The molecule has 18 heteroatoms. The molecular formula is C16H16F3N5O8S2. The minimum Gasteiger partial charge on any atom is -0.477 e. The Balaban J connectivity index is 0.000000633. The van der Waals surface area contributed by atoms with E-state index in [2.05, 4.69) is 22.0 Å². The van der Waals surface area contributed by atoms with Gasteiger partial charge in [-0.3, -0.25) is 14.5 Å². The van der Waals surface area contributed by atoms with Gasteiger partial charge < -0.3 is 31.9 Å². The predicted molar refractivity (Wildman–Crippen MR) is 112 cm³/mol. The molecule has 2 amide bonds. The minimum absolute atomic E-state index is 0. The number of thiazole rings is 1. The van der Waals surface area contributed by atoms with E-state index in [9.17, 15) is 32.7 Å². The average Bonchev–Trinajstić information content (AvgIpc) is 3.16. The number of carbonyl (C=O) groups excluding carboxylic acids is 2. The first-order valence-electron chi connectivity index (χ1n) is 8.41. The summed E-state index contributed by atoms with van der Waals surface area (Å²) in [6.07, 6.45) is -3.69. The summed E-state index contributed by atoms with van der Waals surface area (Å²) < 4.78 is 31.7. The highest BCUT2D eigenvalue weighted by molar-refractivity contribution is 8.00. The number of hydrogen-bond donors (Lipinski definition) is 5. The smallest absolute Gasteiger partial charge is 0.477 e. The molecule has 0 saturated carbocycles. The average molecular weight is 527 g/mol. The molecule has 0 radical (unpaired) electrons. The number of nitrogens with zero attached hydrogens (tertiary/aromatic N) is 3. The molecule has 0 aliphatic carbocycles. The van der Waals surface area contributed by atoms with Crippen molar-refractivity contribution in [2.45, 2.75) is 17.6 Å². The first-order valence-corrected chi connectivity index (χ1v) is 10.3. The molecule has 34 heavy (non-hydrogen) atoms. The maximum Gasteiger partial charge on any atom is 0.490 e. The highest BCUT2D eigenvalue weighted by Crippen LogP contribution is 2.40. The molecule has 0 unspecified atom stereocenters. The Hall–Kier alpha value is -3.64. The van der Waals surface area contributed by atoms with Crippen molar-refractivity contribution < 1.29 is 53.2 Å². The lowest BCUT2D eigenvalue weighted by Gasteiger charge is -2.49. The summed E-state index contributed by atoms with van der Waals surface area (Å²) in [4.78, 5) is 50.1. The second-order valence-electron chi connectivity index (χ2n) is 6.07. The number of oxime groups is 1. The van der Waals surface area contributed by atoms with Crippen LogP contribution in [0.4, 0.5) is 18.3 Å². The fourth-order valence-corrected chi connectivity index (χ4v) is 4.51. The van der Waals surface area contributed by atoms with Gasteiger partial charge in [0.25, 0.3) is 11.8 Å². The summed E-state index contributed by atoms with van der Waals surface area (Å²) in [6, 6.07) is -0.944. The number of nitrogens with two attached hydrogens (primary N) is 1. The fourth-order valence-electron chi connectivity index (χ4n) is 2.62. The predicted octanol–water partition coefficient (Wildman–Crippen LogP) is -0.363. The van der Waals surface area contributed by atoms with Crippen LogP contribution in [0.5, 0.6) is 0 Å². The number of hydrogen-bond acceptors (Lipinski definition) is 10. The van der Waals surface area contributed by atoms with Gasteiger partial charge in [-0.15, -0.1) is 23.1 Å². The van der Waals surface area contributed by atoms with Crippen LogP contribution in [0.1, 0.15) is 5.69 Å². The maximum absolute atomic E-state index is 12.4. The Morgan fingerprint density at radius 1 is 1.35 bits per heavy atom. The highest BCUT2D eigenvalue weighted by atomic mass is 32.2. The molecule has 13 nitrogen and oxygen atoms in total. The number of aromatic nitrogens is 1. The Morgan fingerprint density at radius 3 is 2.35 bits per heavy atom. The number of alkyl halides is 3. The molecule has 1 aromatic rings. The van der Waals surface area contributed by atoms with Crippen molar-refractivity contribution in [1.82, 2.24) is 15.2 Å². The van der Waals surface area contributed by atoms with E-state index in [0.29, 0.717) is 11.3 Å². The number of halogens is 3. The van der Waals surface area contributed by atoms with Crippen LogP contribution in [-0.4, -0.2) is 83.6 Å². The summed E-state index contributed by atoms with van der Waals surface area (Å²) in [6.45, 7) is 3.56. The second-order valence-corrected chi connectivity index (χ2v) is 8.06. The molecule has 8 N–H and O–H groups in total. The summed E-state index contributed by atoms with van der Waals surface area (Å²) in [5.74, 6) is -5.03. The van der Waals surface area contributed by atoms with Crippen LogP contribution in [0.15, 0.2) is 34.5 Å². The number of aliphatic carboxylic acids is 2. The van der Waals surface area contributed by atoms with Crippen molar-refractivity contribution in [3.8, 4) is 0 Å². The molecule has 3 rings (SSSR count). The third kappa shape index (κ3) is 5.83. The number of rotatable bonds is 5. The third-order valence-electron chi connectivity index (χ3n) is 4.06. The first kappa shape index (κ1) is 28.4. The molecule has 2 aliphatic heterocycles. The Kier molecular flexibility index (Phi) is 9.18. The van der Waals surface area contributed by atoms with Gasteiger partial charge in [-0.2, -0.15) is 13.2 Å². The number of thioether (sulfide) groups is 1. The van der Waals surface area contributed by atoms with Crippen molar-refractivity contribution in [1.29, 1.82) is 0 Å². The molecule has 1 fully saturated rings. The highest BCUT2D eigenvalue weighted by Gasteiger charge is 2.54. The molecule has 1 aromatic heterocycles. The quantitative estimate of drug-likeness (QED) is 0.144. The van der Waals surface area contributed by atoms with Gasteiger partial charge in [0, 0.05) is 11.1 Å². The van der Waals surface area contributed by atoms with E-state index in [-0.39, 0.29) is 27.7 Å². The van der Waals surface area contributed by atoms with Crippen molar-refractivity contribution in [2.24, 2.45) is 5.16 Å². The van der Waals surface area contributed by atoms with E-state index in [0.717, 1.165) is 16.2 Å². The molecule has 0 bridgehead atoms. The van der Waals surface area contributed by atoms with Gasteiger partial charge in [-0.1, -0.05) is 17.8 Å². The summed E-state index contributed by atoms with van der Waals surface area (Å²) in [5, 5.41) is 32.0. The largest absolute Gasteiger partial charge is 0.490 e. The van der Waals surface area contributed by atoms with Crippen LogP contribution >= 0.6 is 23.1 Å². The Labute approximate surface area is 195 Å². The monoisotopic (exact) mass is 527 g/mol. The molecule has 0 aromatic carbocycles. The van der Waals surface area contributed by atoms with Crippen molar-refractivity contribution in [3.05, 3.63) is 35.0 Å². The van der Waals surface area contributed by atoms with Crippen LogP contribution in [0.25, 0.3) is 0 Å².